The molecule has 0 bridgehead atoms. The molecule has 1 heterocycles. The molecule has 0 aliphatic heterocycles. The molecule has 68 valence electrons. The van der Waals surface area contributed by atoms with Gasteiger partial charge in [0.1, 0.15) is 5.00 Å². The topological polar surface area (TPSA) is 24.7 Å². The van der Waals surface area contributed by atoms with Crippen molar-refractivity contribution in [1.82, 2.24) is 0 Å². The highest BCUT2D eigenvalue weighted by Crippen LogP contribution is 2.23. The zero-order chi connectivity index (χ0) is 9.52. The lowest BCUT2D eigenvalue weighted by Crippen LogP contribution is -1.64. The zero-order valence-corrected chi connectivity index (χ0v) is 8.58. The molecule has 0 saturated carbocycles. The zero-order valence-electron chi connectivity index (χ0n) is 7.77. The summed E-state index contributed by atoms with van der Waals surface area (Å²) in [4.78, 5) is 9.34. The van der Waals surface area contributed by atoms with Gasteiger partial charge in [0.25, 0.3) is 0 Å². The minimum absolute atomic E-state index is 1.04. The van der Waals surface area contributed by atoms with Gasteiger partial charge in [-0.15, -0.1) is 11.3 Å². The van der Waals surface area contributed by atoms with Crippen molar-refractivity contribution in [1.29, 1.82) is 0 Å². The molecule has 0 saturated heterocycles. The monoisotopic (exact) mass is 192 g/mol. The third-order valence-corrected chi connectivity index (χ3v) is 2.27. The molecule has 13 heavy (non-hydrogen) atoms. The second kappa shape index (κ2) is 5.43. The van der Waals surface area contributed by atoms with Crippen molar-refractivity contribution in [3.63, 3.8) is 0 Å². The van der Waals surface area contributed by atoms with Crippen LogP contribution in [0.3, 0.4) is 0 Å². The average Bonchev–Trinajstić information content (AvgIpc) is 2.51. The van der Waals surface area contributed by atoms with Crippen molar-refractivity contribution >= 4 is 28.8 Å². The van der Waals surface area contributed by atoms with E-state index < -0.39 is 0 Å². The van der Waals surface area contributed by atoms with Crippen molar-refractivity contribution in [3.8, 4) is 0 Å². The fourth-order valence-corrected chi connectivity index (χ4v) is 1.51. The van der Waals surface area contributed by atoms with E-state index in [9.17, 15) is 0 Å². The number of nitrogens with zero attached hydrogens (tertiary/aromatic N) is 2. The minimum Gasteiger partial charge on any atom is -0.297 e. The summed E-state index contributed by atoms with van der Waals surface area (Å²) in [5.41, 5.74) is 0. The molecule has 0 fully saturated rings. The number of aliphatic imine (C=N–C) groups is 2. The number of aryl methyl sites for hydroxylation is 1. The molecule has 1 aromatic heterocycles. The van der Waals surface area contributed by atoms with Crippen molar-refractivity contribution in [2.75, 3.05) is 7.05 Å². The third-order valence-electron chi connectivity index (χ3n) is 1.36. The quantitative estimate of drug-likeness (QED) is 0.658. The van der Waals surface area contributed by atoms with Crippen LogP contribution >= 0.6 is 11.3 Å². The number of rotatable bonds is 3. The molecule has 0 amide bonds. The van der Waals surface area contributed by atoms with Crippen LogP contribution in [0.4, 0.5) is 5.00 Å². The van der Waals surface area contributed by atoms with E-state index in [-0.39, 0.29) is 0 Å². The minimum atomic E-state index is 1.04. The predicted molar refractivity (Wildman–Crippen MR) is 60.8 cm³/mol. The molecule has 1 rings (SSSR count). The SMILES string of the molecule is C\N=C/C=C\C=N\c1ccc(C)s1. The Morgan fingerprint density at radius 2 is 2.00 bits per heavy atom. The van der Waals surface area contributed by atoms with Crippen LogP contribution in [-0.2, 0) is 0 Å². The van der Waals surface area contributed by atoms with Crippen LogP contribution in [-0.4, -0.2) is 19.5 Å². The summed E-state index contributed by atoms with van der Waals surface area (Å²) in [6.45, 7) is 2.07. The molecular weight excluding hydrogens is 180 g/mol. The van der Waals surface area contributed by atoms with Crippen molar-refractivity contribution in [2.45, 2.75) is 6.92 Å². The summed E-state index contributed by atoms with van der Waals surface area (Å²) < 4.78 is 0. The lowest BCUT2D eigenvalue weighted by atomic mass is 10.5. The van der Waals surface area contributed by atoms with E-state index in [1.807, 2.05) is 18.2 Å². The van der Waals surface area contributed by atoms with Crippen molar-refractivity contribution in [2.24, 2.45) is 9.98 Å². The van der Waals surface area contributed by atoms with Gasteiger partial charge in [0.15, 0.2) is 0 Å². The highest BCUT2D eigenvalue weighted by atomic mass is 32.1. The Bertz CT molecular complexity index is 334. The number of hydrogen-bond acceptors (Lipinski definition) is 3. The van der Waals surface area contributed by atoms with E-state index >= 15 is 0 Å². The maximum atomic E-state index is 4.24. The highest BCUT2D eigenvalue weighted by Gasteiger charge is 1.89. The molecule has 0 N–H and O–H groups in total. The predicted octanol–water partition coefficient (Wildman–Crippen LogP) is 3.02. The molecular formula is C10H12N2S. The Balaban J connectivity index is 2.49. The van der Waals surface area contributed by atoms with Gasteiger partial charge < -0.3 is 0 Å². The van der Waals surface area contributed by atoms with Crippen LogP contribution in [0.15, 0.2) is 34.3 Å². The normalized spacial score (nSPS) is 12.5. The Kier molecular flexibility index (Phi) is 4.12. The van der Waals surface area contributed by atoms with Gasteiger partial charge >= 0.3 is 0 Å². The van der Waals surface area contributed by atoms with Crippen LogP contribution in [0, 0.1) is 6.92 Å². The summed E-state index contributed by atoms with van der Waals surface area (Å²) in [6.07, 6.45) is 7.21. The molecule has 0 aliphatic rings. The highest BCUT2D eigenvalue weighted by molar-refractivity contribution is 7.15. The van der Waals surface area contributed by atoms with Gasteiger partial charge in [0.05, 0.1) is 0 Å². The Hall–Kier alpha value is -1.22. The lowest BCUT2D eigenvalue weighted by Gasteiger charge is -1.79. The Morgan fingerprint density at radius 3 is 2.62 bits per heavy atom. The van der Waals surface area contributed by atoms with Crippen LogP contribution in [0.2, 0.25) is 0 Å². The third kappa shape index (κ3) is 3.80. The lowest BCUT2D eigenvalue weighted by molar-refractivity contribution is 1.48. The van der Waals surface area contributed by atoms with E-state index in [0.29, 0.717) is 0 Å². The van der Waals surface area contributed by atoms with Crippen LogP contribution in [0.1, 0.15) is 4.88 Å². The Morgan fingerprint density at radius 1 is 1.23 bits per heavy atom. The molecule has 3 heteroatoms. The fraction of sp³-hybridized carbons (Fsp3) is 0.200. The van der Waals surface area contributed by atoms with Gasteiger partial charge in [-0.05, 0) is 31.2 Å². The average molecular weight is 192 g/mol. The summed E-state index contributed by atoms with van der Waals surface area (Å²) in [6, 6.07) is 4.08. The molecule has 0 radical (unpaired) electrons. The molecule has 0 atom stereocenters. The van der Waals surface area contributed by atoms with Gasteiger partial charge in [-0.1, -0.05) is 0 Å². The maximum Gasteiger partial charge on any atom is 0.116 e. The van der Waals surface area contributed by atoms with Gasteiger partial charge in [-0.2, -0.15) is 0 Å². The first-order valence-electron chi connectivity index (χ1n) is 4.01. The summed E-state index contributed by atoms with van der Waals surface area (Å²) in [5, 5.41) is 1.04. The van der Waals surface area contributed by atoms with Gasteiger partial charge in [0, 0.05) is 24.4 Å². The standard InChI is InChI=1S/C10H12N2S/c1-9-5-6-10(13-9)12-8-4-3-7-11-2/h3-8H,1-2H3/b4-3-,11-7-,12-8+. The van der Waals surface area contributed by atoms with E-state index in [0.717, 1.165) is 5.00 Å². The van der Waals surface area contributed by atoms with Gasteiger partial charge in [-0.3, -0.25) is 4.99 Å². The molecule has 1 aromatic rings. The largest absolute Gasteiger partial charge is 0.297 e. The van der Waals surface area contributed by atoms with Crippen LogP contribution in [0.25, 0.3) is 0 Å². The van der Waals surface area contributed by atoms with Crippen LogP contribution < -0.4 is 0 Å². The molecule has 2 nitrogen and oxygen atoms in total. The molecule has 0 aliphatic carbocycles. The smallest absolute Gasteiger partial charge is 0.116 e. The molecule has 0 unspecified atom stereocenters. The van der Waals surface area contributed by atoms with E-state index in [1.54, 1.807) is 30.8 Å². The summed E-state index contributed by atoms with van der Waals surface area (Å²) >= 11 is 1.69. The number of allylic oxidation sites excluding steroid dienone is 2. The fourth-order valence-electron chi connectivity index (χ4n) is 0.793. The van der Waals surface area contributed by atoms with Crippen molar-refractivity contribution in [3.05, 3.63) is 29.2 Å². The van der Waals surface area contributed by atoms with Crippen molar-refractivity contribution < 1.29 is 0 Å². The first kappa shape index (κ1) is 9.86. The maximum absolute atomic E-state index is 4.24. The van der Waals surface area contributed by atoms with Gasteiger partial charge in [-0.25, -0.2) is 4.99 Å². The Labute approximate surface area is 82.4 Å². The summed E-state index contributed by atoms with van der Waals surface area (Å²) in [5.74, 6) is 0. The van der Waals surface area contributed by atoms with E-state index in [4.69, 9.17) is 0 Å². The van der Waals surface area contributed by atoms with Crippen LogP contribution in [0.5, 0.6) is 0 Å². The molecule has 0 spiro atoms. The molecule has 0 aromatic carbocycles. The van der Waals surface area contributed by atoms with E-state index in [2.05, 4.69) is 23.0 Å². The van der Waals surface area contributed by atoms with Gasteiger partial charge in [0.2, 0.25) is 0 Å². The second-order valence-corrected chi connectivity index (χ2v) is 3.72. The number of hydrogen-bond donors (Lipinski definition) is 0. The second-order valence-electron chi connectivity index (χ2n) is 2.45. The number of thiophene rings is 1. The summed E-state index contributed by atoms with van der Waals surface area (Å²) in [7, 11) is 1.74. The first-order chi connectivity index (χ1) is 6.33. The first-order valence-corrected chi connectivity index (χ1v) is 4.82. The van der Waals surface area contributed by atoms with E-state index in [1.165, 1.54) is 4.88 Å².